The van der Waals surface area contributed by atoms with Crippen molar-refractivity contribution < 1.29 is 4.43 Å². The van der Waals surface area contributed by atoms with E-state index in [1.807, 2.05) is 6.08 Å². The second kappa shape index (κ2) is 5.13. The molecule has 1 aliphatic carbocycles. The summed E-state index contributed by atoms with van der Waals surface area (Å²) < 4.78 is 6.12. The Labute approximate surface area is 89.7 Å². The Morgan fingerprint density at radius 1 is 1.36 bits per heavy atom. The average molecular weight is 212 g/mol. The van der Waals surface area contributed by atoms with Gasteiger partial charge >= 0.3 is 0 Å². The molecule has 0 heterocycles. The van der Waals surface area contributed by atoms with E-state index in [4.69, 9.17) is 4.43 Å². The van der Waals surface area contributed by atoms with Gasteiger partial charge in [0, 0.05) is 6.10 Å². The molecule has 82 valence electrons. The summed E-state index contributed by atoms with van der Waals surface area (Å²) in [5, 5.41) is 0. The summed E-state index contributed by atoms with van der Waals surface area (Å²) in [5.74, 6) is 0.898. The first-order valence-corrected chi connectivity index (χ1v) is 9.21. The van der Waals surface area contributed by atoms with Gasteiger partial charge in [-0.15, -0.1) is 6.58 Å². The standard InChI is InChI=1S/C12H24OSi/c1-5-6-7-11-8-9-12(10-11)13-14(2,3)4/h5,11-12H,1,6-10H2,2-4H3. The van der Waals surface area contributed by atoms with Crippen molar-refractivity contribution in [3.05, 3.63) is 12.7 Å². The van der Waals surface area contributed by atoms with E-state index in [-0.39, 0.29) is 0 Å². The van der Waals surface area contributed by atoms with Gasteiger partial charge in [0.25, 0.3) is 0 Å². The molecule has 0 radical (unpaired) electrons. The Morgan fingerprint density at radius 2 is 2.07 bits per heavy atom. The molecular weight excluding hydrogens is 188 g/mol. The molecule has 2 heteroatoms. The van der Waals surface area contributed by atoms with Crippen LogP contribution < -0.4 is 0 Å². The highest BCUT2D eigenvalue weighted by atomic mass is 28.4. The molecule has 0 spiro atoms. The molecule has 0 aliphatic heterocycles. The van der Waals surface area contributed by atoms with Gasteiger partial charge in [-0.2, -0.15) is 0 Å². The summed E-state index contributed by atoms with van der Waals surface area (Å²) in [6, 6.07) is 0. The molecule has 0 aromatic heterocycles. The lowest BCUT2D eigenvalue weighted by Crippen LogP contribution is -2.30. The molecule has 14 heavy (non-hydrogen) atoms. The number of allylic oxidation sites excluding steroid dienone is 1. The van der Waals surface area contributed by atoms with Crippen LogP contribution in [-0.4, -0.2) is 14.4 Å². The summed E-state index contributed by atoms with van der Waals surface area (Å²) in [5.41, 5.74) is 0. The highest BCUT2D eigenvalue weighted by Crippen LogP contribution is 2.32. The van der Waals surface area contributed by atoms with Gasteiger partial charge < -0.3 is 4.43 Å². The van der Waals surface area contributed by atoms with E-state index in [9.17, 15) is 0 Å². The van der Waals surface area contributed by atoms with Crippen LogP contribution in [0, 0.1) is 5.92 Å². The first-order chi connectivity index (χ1) is 6.51. The first kappa shape index (κ1) is 12.0. The van der Waals surface area contributed by atoms with Crippen molar-refractivity contribution in [2.75, 3.05) is 0 Å². The second-order valence-electron chi connectivity index (χ2n) is 5.40. The van der Waals surface area contributed by atoms with Crippen LogP contribution >= 0.6 is 0 Å². The van der Waals surface area contributed by atoms with Crippen molar-refractivity contribution in [1.29, 1.82) is 0 Å². The number of hydrogen-bond acceptors (Lipinski definition) is 1. The maximum atomic E-state index is 6.12. The Balaban J connectivity index is 2.23. The molecule has 0 amide bonds. The van der Waals surface area contributed by atoms with Crippen LogP contribution in [0.15, 0.2) is 12.7 Å². The molecule has 0 saturated heterocycles. The maximum Gasteiger partial charge on any atom is 0.184 e. The van der Waals surface area contributed by atoms with Crippen molar-refractivity contribution >= 4 is 8.32 Å². The van der Waals surface area contributed by atoms with Crippen LogP contribution in [0.3, 0.4) is 0 Å². The lowest BCUT2D eigenvalue weighted by molar-refractivity contribution is 0.196. The van der Waals surface area contributed by atoms with Crippen LogP contribution in [-0.2, 0) is 4.43 Å². The highest BCUT2D eigenvalue weighted by Gasteiger charge is 2.28. The first-order valence-electron chi connectivity index (χ1n) is 5.80. The molecule has 1 saturated carbocycles. The van der Waals surface area contributed by atoms with Crippen molar-refractivity contribution in [1.82, 2.24) is 0 Å². The van der Waals surface area contributed by atoms with Crippen LogP contribution in [0.1, 0.15) is 32.1 Å². The predicted octanol–water partition coefficient (Wildman–Crippen LogP) is 3.97. The third-order valence-corrected chi connectivity index (χ3v) is 3.83. The third kappa shape index (κ3) is 4.42. The van der Waals surface area contributed by atoms with E-state index in [0.29, 0.717) is 6.10 Å². The summed E-state index contributed by atoms with van der Waals surface area (Å²) in [6.45, 7) is 10.6. The molecule has 2 atom stereocenters. The molecule has 2 unspecified atom stereocenters. The van der Waals surface area contributed by atoms with Crippen LogP contribution in [0.5, 0.6) is 0 Å². The van der Waals surface area contributed by atoms with E-state index >= 15 is 0 Å². The van der Waals surface area contributed by atoms with Crippen LogP contribution in [0.25, 0.3) is 0 Å². The SMILES string of the molecule is C=CCCC1CCC(O[Si](C)(C)C)C1. The minimum Gasteiger partial charge on any atom is -0.415 e. The maximum absolute atomic E-state index is 6.12. The minimum atomic E-state index is -1.30. The smallest absolute Gasteiger partial charge is 0.184 e. The van der Waals surface area contributed by atoms with Crippen molar-refractivity contribution in [3.63, 3.8) is 0 Å². The Kier molecular flexibility index (Phi) is 4.39. The largest absolute Gasteiger partial charge is 0.415 e. The quantitative estimate of drug-likeness (QED) is 0.495. The Hall–Kier alpha value is -0.0831. The fourth-order valence-electron chi connectivity index (χ4n) is 2.25. The average Bonchev–Trinajstić information content (AvgIpc) is 2.46. The van der Waals surface area contributed by atoms with Gasteiger partial charge in [-0.3, -0.25) is 0 Å². The molecule has 0 N–H and O–H groups in total. The zero-order valence-corrected chi connectivity index (χ0v) is 10.9. The predicted molar refractivity (Wildman–Crippen MR) is 65.0 cm³/mol. The van der Waals surface area contributed by atoms with Gasteiger partial charge in [0.2, 0.25) is 0 Å². The molecule has 1 nitrogen and oxygen atoms in total. The number of rotatable bonds is 5. The summed E-state index contributed by atoms with van der Waals surface area (Å²) >= 11 is 0. The van der Waals surface area contributed by atoms with Crippen molar-refractivity contribution in [2.24, 2.45) is 5.92 Å². The Bertz CT molecular complexity index is 183. The monoisotopic (exact) mass is 212 g/mol. The van der Waals surface area contributed by atoms with E-state index in [0.717, 1.165) is 5.92 Å². The van der Waals surface area contributed by atoms with E-state index < -0.39 is 8.32 Å². The van der Waals surface area contributed by atoms with Gasteiger partial charge in [-0.25, -0.2) is 0 Å². The third-order valence-electron chi connectivity index (χ3n) is 2.79. The van der Waals surface area contributed by atoms with Crippen molar-refractivity contribution in [2.45, 2.75) is 57.8 Å². The van der Waals surface area contributed by atoms with Gasteiger partial charge in [-0.1, -0.05) is 6.08 Å². The van der Waals surface area contributed by atoms with Crippen molar-refractivity contribution in [3.8, 4) is 0 Å². The van der Waals surface area contributed by atoms with E-state index in [1.54, 1.807) is 0 Å². The molecule has 0 aromatic rings. The lowest BCUT2D eigenvalue weighted by atomic mass is 10.0. The molecule has 1 aliphatic rings. The summed E-state index contributed by atoms with van der Waals surface area (Å²) in [4.78, 5) is 0. The lowest BCUT2D eigenvalue weighted by Gasteiger charge is -2.23. The zero-order chi connectivity index (χ0) is 10.6. The van der Waals surface area contributed by atoms with Crippen LogP contribution in [0.2, 0.25) is 19.6 Å². The van der Waals surface area contributed by atoms with E-state index in [1.165, 1.54) is 32.1 Å². The topological polar surface area (TPSA) is 9.23 Å². The molecule has 0 bridgehead atoms. The zero-order valence-electron chi connectivity index (χ0n) is 9.88. The fourth-order valence-corrected chi connectivity index (χ4v) is 3.47. The molecule has 0 aromatic carbocycles. The second-order valence-corrected chi connectivity index (χ2v) is 9.86. The summed E-state index contributed by atoms with van der Waals surface area (Å²) in [7, 11) is -1.30. The van der Waals surface area contributed by atoms with Gasteiger partial charge in [0.15, 0.2) is 8.32 Å². The van der Waals surface area contributed by atoms with Gasteiger partial charge in [0.05, 0.1) is 0 Å². The molecule has 1 rings (SSSR count). The molecular formula is C12H24OSi. The fraction of sp³-hybridized carbons (Fsp3) is 0.833. The normalized spacial score (nSPS) is 27.9. The Morgan fingerprint density at radius 3 is 2.64 bits per heavy atom. The molecule has 1 fully saturated rings. The van der Waals surface area contributed by atoms with Crippen LogP contribution in [0.4, 0.5) is 0 Å². The van der Waals surface area contributed by atoms with Gasteiger partial charge in [0.1, 0.15) is 0 Å². The summed E-state index contributed by atoms with van der Waals surface area (Å²) in [6.07, 6.45) is 9.02. The highest BCUT2D eigenvalue weighted by molar-refractivity contribution is 6.69. The van der Waals surface area contributed by atoms with Gasteiger partial charge in [-0.05, 0) is 57.7 Å². The van der Waals surface area contributed by atoms with E-state index in [2.05, 4.69) is 26.2 Å². The minimum absolute atomic E-state index is 0.566. The number of hydrogen-bond donors (Lipinski definition) is 0.